The number of carbonyl (C=O) groups is 3. The van der Waals surface area contributed by atoms with Crippen LogP contribution in [0.4, 0.5) is 0 Å². The summed E-state index contributed by atoms with van der Waals surface area (Å²) in [6, 6.07) is 0. The van der Waals surface area contributed by atoms with Crippen molar-refractivity contribution in [2.75, 3.05) is 19.6 Å². The second-order valence-electron chi connectivity index (χ2n) is 11.5. The molecule has 216 valence electrons. The van der Waals surface area contributed by atoms with Gasteiger partial charge in [-0.2, -0.15) is 0 Å². The molecule has 0 amide bonds. The topological polar surface area (TPSA) is 146 Å². The Hall–Kier alpha value is -2.20. The van der Waals surface area contributed by atoms with E-state index in [1.807, 2.05) is 6.21 Å². The van der Waals surface area contributed by atoms with Crippen LogP contribution in [-0.2, 0) is 24.0 Å². The highest BCUT2D eigenvalue weighted by atomic mass is 16.6. The molecule has 38 heavy (non-hydrogen) atoms. The van der Waals surface area contributed by atoms with Crippen LogP contribution in [-0.4, -0.2) is 81.8 Å². The predicted molar refractivity (Wildman–Crippen MR) is 141 cm³/mol. The molecule has 3 N–H and O–H groups in total. The molecule has 1 heterocycles. The summed E-state index contributed by atoms with van der Waals surface area (Å²) in [7, 11) is 0. The first-order valence-electron chi connectivity index (χ1n) is 14.5. The van der Waals surface area contributed by atoms with E-state index in [1.54, 1.807) is 0 Å². The molecule has 0 spiro atoms. The van der Waals surface area contributed by atoms with Crippen LogP contribution < -0.4 is 0 Å². The van der Waals surface area contributed by atoms with Gasteiger partial charge in [-0.15, -0.1) is 0 Å². The van der Waals surface area contributed by atoms with Crippen LogP contribution in [0.5, 0.6) is 0 Å². The van der Waals surface area contributed by atoms with E-state index >= 15 is 0 Å². The smallest absolute Gasteiger partial charge is 0.337 e. The van der Waals surface area contributed by atoms with Gasteiger partial charge in [0, 0.05) is 6.21 Å². The first kappa shape index (κ1) is 30.3. The zero-order valence-electron chi connectivity index (χ0n) is 22.6. The molecule has 0 aromatic heterocycles. The van der Waals surface area contributed by atoms with Gasteiger partial charge in [-0.1, -0.05) is 11.6 Å². The van der Waals surface area contributed by atoms with Crippen LogP contribution in [0.3, 0.4) is 0 Å². The maximum Gasteiger partial charge on any atom is 0.337 e. The molecule has 0 radical (unpaired) electrons. The Labute approximate surface area is 225 Å². The van der Waals surface area contributed by atoms with E-state index in [-0.39, 0.29) is 0 Å². The fourth-order valence-corrected chi connectivity index (χ4v) is 6.22. The quantitative estimate of drug-likeness (QED) is 0.202. The van der Waals surface area contributed by atoms with Crippen molar-refractivity contribution in [2.45, 2.75) is 121 Å². The number of ether oxygens (including phenoxy) is 1. The number of carboxylic acid groups (broad SMARTS) is 3. The average Bonchev–Trinajstić information content (AvgIpc) is 2.88. The molecule has 0 aromatic rings. The molecule has 0 bridgehead atoms. The van der Waals surface area contributed by atoms with Crippen LogP contribution in [0.2, 0.25) is 0 Å². The Balaban J connectivity index is 1.30. The van der Waals surface area contributed by atoms with Crippen molar-refractivity contribution in [3.05, 3.63) is 0 Å². The summed E-state index contributed by atoms with van der Waals surface area (Å²) < 4.78 is 5.71. The van der Waals surface area contributed by atoms with E-state index in [9.17, 15) is 19.5 Å². The van der Waals surface area contributed by atoms with Gasteiger partial charge in [0.25, 0.3) is 0 Å². The van der Waals surface area contributed by atoms with E-state index in [0.717, 1.165) is 70.5 Å². The number of likely N-dealkylation sites (tertiary alicyclic amines) is 1. The zero-order chi connectivity index (χ0) is 27.4. The minimum absolute atomic E-state index is 0.318. The number of oxime groups is 1. The van der Waals surface area contributed by atoms with E-state index in [1.165, 1.54) is 32.1 Å². The zero-order valence-corrected chi connectivity index (χ0v) is 22.6. The summed E-state index contributed by atoms with van der Waals surface area (Å²) >= 11 is 0. The molecule has 2 saturated carbocycles. The number of carboxylic acids is 3. The average molecular weight is 539 g/mol. The lowest BCUT2D eigenvalue weighted by atomic mass is 9.84. The summed E-state index contributed by atoms with van der Waals surface area (Å²) in [6.45, 7) is 3.28. The van der Waals surface area contributed by atoms with Gasteiger partial charge in [0.2, 0.25) is 0 Å². The maximum atomic E-state index is 11.8. The molecule has 3 rings (SSSR count). The van der Waals surface area contributed by atoms with Gasteiger partial charge in [-0.25, -0.2) is 4.79 Å². The number of piperidine rings is 1. The molecular weight excluding hydrogens is 492 g/mol. The van der Waals surface area contributed by atoms with Crippen molar-refractivity contribution in [3.63, 3.8) is 0 Å². The molecule has 3 aliphatic rings. The summed E-state index contributed by atoms with van der Waals surface area (Å²) in [4.78, 5) is 42.4. The molecule has 3 fully saturated rings. The van der Waals surface area contributed by atoms with Gasteiger partial charge < -0.3 is 29.8 Å². The summed E-state index contributed by atoms with van der Waals surface area (Å²) in [6.07, 6.45) is 14.8. The van der Waals surface area contributed by atoms with Crippen LogP contribution >= 0.6 is 0 Å². The van der Waals surface area contributed by atoms with Gasteiger partial charge in [-0.3, -0.25) is 9.59 Å². The highest BCUT2D eigenvalue weighted by molar-refractivity contribution is 5.88. The Morgan fingerprint density at radius 3 is 1.97 bits per heavy atom. The highest BCUT2D eigenvalue weighted by Gasteiger charge is 2.46. The van der Waals surface area contributed by atoms with Crippen LogP contribution in [0.1, 0.15) is 103 Å². The second kappa shape index (κ2) is 15.4. The van der Waals surface area contributed by atoms with E-state index in [2.05, 4.69) is 10.1 Å². The first-order valence-corrected chi connectivity index (χ1v) is 14.5. The van der Waals surface area contributed by atoms with Gasteiger partial charge in [0.05, 0.1) is 18.9 Å². The lowest BCUT2D eigenvalue weighted by molar-refractivity contribution is -0.188. The molecule has 1 aliphatic heterocycles. The molecule has 0 unspecified atom stereocenters. The third-order valence-electron chi connectivity index (χ3n) is 8.55. The second-order valence-corrected chi connectivity index (χ2v) is 11.5. The lowest BCUT2D eigenvalue weighted by Crippen LogP contribution is -2.48. The summed E-state index contributed by atoms with van der Waals surface area (Å²) in [5, 5.41) is 32.1. The van der Waals surface area contributed by atoms with Crippen molar-refractivity contribution >= 4 is 24.1 Å². The molecular formula is C28H46N2O8. The maximum absolute atomic E-state index is 11.8. The molecule has 0 atom stereocenters. The Bertz CT molecular complexity index is 766. The predicted octanol–water partition coefficient (Wildman–Crippen LogP) is 4.55. The standard InChI is InChI=1S/C28H46N2O8/c31-25(32)19-28(27(35)36,20-26(33)34)37-23-10-8-22(9-11-23)14-18-30-16-12-21(13-17-30)5-4-15-29-38-24-6-2-1-3-7-24/h15,21-24H,1-14,16-20H2,(H,31,32)(H,33,34)(H,35,36)/b29-15+. The third kappa shape index (κ3) is 10.2. The molecule has 2 aliphatic carbocycles. The van der Waals surface area contributed by atoms with Crippen molar-refractivity contribution < 1.29 is 39.3 Å². The first-order chi connectivity index (χ1) is 18.3. The lowest BCUT2D eigenvalue weighted by Gasteiger charge is -2.36. The summed E-state index contributed by atoms with van der Waals surface area (Å²) in [5.74, 6) is -3.05. The highest BCUT2D eigenvalue weighted by Crippen LogP contribution is 2.34. The largest absolute Gasteiger partial charge is 0.481 e. The van der Waals surface area contributed by atoms with Gasteiger partial charge in [0.15, 0.2) is 5.60 Å². The minimum Gasteiger partial charge on any atom is -0.481 e. The SMILES string of the molecule is O=C(O)CC(CC(=O)O)(OC1CCC(CCN2CCC(CC/C=N/OC3CCCCC3)CC2)CC1)C(=O)O. The van der Waals surface area contributed by atoms with Gasteiger partial charge in [-0.05, 0) is 115 Å². The fraction of sp³-hybridized carbons (Fsp3) is 0.857. The van der Waals surface area contributed by atoms with Crippen molar-refractivity contribution in [2.24, 2.45) is 17.0 Å². The monoisotopic (exact) mass is 538 g/mol. The third-order valence-corrected chi connectivity index (χ3v) is 8.55. The Morgan fingerprint density at radius 2 is 1.39 bits per heavy atom. The van der Waals surface area contributed by atoms with E-state index in [0.29, 0.717) is 24.9 Å². The number of hydrogen-bond donors (Lipinski definition) is 3. The number of aliphatic carboxylic acids is 3. The Kier molecular flexibility index (Phi) is 12.3. The van der Waals surface area contributed by atoms with Crippen LogP contribution in [0, 0.1) is 11.8 Å². The Morgan fingerprint density at radius 1 is 0.789 bits per heavy atom. The number of nitrogens with zero attached hydrogens (tertiary/aromatic N) is 2. The van der Waals surface area contributed by atoms with Crippen LogP contribution in [0.25, 0.3) is 0 Å². The van der Waals surface area contributed by atoms with Gasteiger partial charge >= 0.3 is 17.9 Å². The molecule has 10 heteroatoms. The summed E-state index contributed by atoms with van der Waals surface area (Å²) in [5.41, 5.74) is -2.23. The molecule has 0 aromatic carbocycles. The fourth-order valence-electron chi connectivity index (χ4n) is 6.22. The normalized spacial score (nSPS) is 24.4. The van der Waals surface area contributed by atoms with Gasteiger partial charge in [0.1, 0.15) is 6.10 Å². The van der Waals surface area contributed by atoms with E-state index in [4.69, 9.17) is 19.8 Å². The molecule has 1 saturated heterocycles. The molecule has 10 nitrogen and oxygen atoms in total. The van der Waals surface area contributed by atoms with Crippen LogP contribution in [0.15, 0.2) is 5.16 Å². The van der Waals surface area contributed by atoms with Crippen molar-refractivity contribution in [3.8, 4) is 0 Å². The van der Waals surface area contributed by atoms with E-state index < -0.39 is 42.5 Å². The number of rotatable bonds is 15. The van der Waals surface area contributed by atoms with Crippen molar-refractivity contribution in [1.29, 1.82) is 0 Å². The number of hydrogen-bond acceptors (Lipinski definition) is 7. The minimum atomic E-state index is -2.23. The van der Waals surface area contributed by atoms with Crippen molar-refractivity contribution in [1.82, 2.24) is 4.90 Å².